The number of hydrogen-bond donors (Lipinski definition) is 1. The van der Waals surface area contributed by atoms with Gasteiger partial charge in [-0.25, -0.2) is 4.39 Å². The Bertz CT molecular complexity index is 726. The molecule has 0 aliphatic heterocycles. The maximum absolute atomic E-state index is 13.6. The van der Waals surface area contributed by atoms with Gasteiger partial charge in [-0.2, -0.15) is 0 Å². The van der Waals surface area contributed by atoms with Crippen LogP contribution in [0.1, 0.15) is 24.6 Å². The second-order valence-electron chi connectivity index (χ2n) is 5.59. The molecule has 1 aromatic heterocycles. The molecule has 2 amide bonds. The van der Waals surface area contributed by atoms with Gasteiger partial charge in [-0.1, -0.05) is 6.07 Å². The molecule has 0 radical (unpaired) electrons. The van der Waals surface area contributed by atoms with Gasteiger partial charge in [-0.3, -0.25) is 9.59 Å². The fourth-order valence-electron chi connectivity index (χ4n) is 2.54. The Kier molecular flexibility index (Phi) is 4.43. The van der Waals surface area contributed by atoms with Crippen molar-refractivity contribution in [1.82, 2.24) is 0 Å². The van der Waals surface area contributed by atoms with Gasteiger partial charge in [0.05, 0.1) is 17.8 Å². The van der Waals surface area contributed by atoms with Crippen molar-refractivity contribution < 1.29 is 14.0 Å². The second kappa shape index (κ2) is 6.50. The Morgan fingerprint density at radius 3 is 2.74 bits per heavy atom. The highest BCUT2D eigenvalue weighted by atomic mass is 32.1. The number of carbonyl (C=O) groups is 2. The quantitative estimate of drug-likeness (QED) is 0.910. The molecule has 1 aliphatic rings. The van der Waals surface area contributed by atoms with Crippen LogP contribution in [-0.2, 0) is 16.0 Å². The van der Waals surface area contributed by atoms with Crippen LogP contribution < -0.4 is 10.2 Å². The number of carbonyl (C=O) groups excluding carboxylic acids is 2. The molecule has 0 unspecified atom stereocenters. The van der Waals surface area contributed by atoms with E-state index in [9.17, 15) is 14.0 Å². The van der Waals surface area contributed by atoms with E-state index in [1.807, 2.05) is 17.5 Å². The van der Waals surface area contributed by atoms with Crippen molar-refractivity contribution in [1.29, 1.82) is 0 Å². The van der Waals surface area contributed by atoms with Crippen molar-refractivity contribution in [2.45, 2.75) is 32.2 Å². The zero-order chi connectivity index (χ0) is 16.4. The number of anilines is 2. The lowest BCUT2D eigenvalue weighted by Crippen LogP contribution is -2.32. The molecule has 2 aromatic rings. The van der Waals surface area contributed by atoms with Crippen LogP contribution in [-0.4, -0.2) is 17.9 Å². The standard InChI is InChI=1S/C17H17FN2O2S/c1-11(21)20(13-5-6-13)16-7-4-12(18)9-15(16)19-17(22)10-14-3-2-8-23-14/h2-4,7-9,13H,5-6,10H2,1H3,(H,19,22). The number of halogens is 1. The van der Waals surface area contributed by atoms with Crippen LogP contribution >= 0.6 is 11.3 Å². The third-order valence-electron chi connectivity index (χ3n) is 3.66. The summed E-state index contributed by atoms with van der Waals surface area (Å²) in [5, 5.41) is 4.65. The van der Waals surface area contributed by atoms with Gasteiger partial charge in [0.15, 0.2) is 0 Å². The largest absolute Gasteiger partial charge is 0.324 e. The lowest BCUT2D eigenvalue weighted by atomic mass is 10.2. The first-order valence-corrected chi connectivity index (χ1v) is 8.34. The van der Waals surface area contributed by atoms with Crippen molar-refractivity contribution in [3.8, 4) is 0 Å². The molecule has 1 N–H and O–H groups in total. The average molecular weight is 332 g/mol. The molecule has 3 rings (SSSR count). The Morgan fingerprint density at radius 1 is 1.35 bits per heavy atom. The summed E-state index contributed by atoms with van der Waals surface area (Å²) < 4.78 is 13.6. The number of rotatable bonds is 5. The summed E-state index contributed by atoms with van der Waals surface area (Å²) in [4.78, 5) is 26.7. The van der Waals surface area contributed by atoms with Crippen molar-refractivity contribution in [2.24, 2.45) is 0 Å². The molecular formula is C17H17FN2O2S. The molecule has 1 heterocycles. The van der Waals surface area contributed by atoms with Crippen molar-refractivity contribution >= 4 is 34.5 Å². The van der Waals surface area contributed by atoms with Gasteiger partial charge in [0, 0.05) is 17.8 Å². The SMILES string of the molecule is CC(=O)N(c1ccc(F)cc1NC(=O)Cc1cccs1)C1CC1. The van der Waals surface area contributed by atoms with Crippen LogP contribution in [0.5, 0.6) is 0 Å². The maximum atomic E-state index is 13.6. The minimum atomic E-state index is -0.445. The van der Waals surface area contributed by atoms with Gasteiger partial charge in [0.25, 0.3) is 0 Å². The highest BCUT2D eigenvalue weighted by Crippen LogP contribution is 2.36. The first-order chi connectivity index (χ1) is 11.0. The van der Waals surface area contributed by atoms with E-state index in [-0.39, 0.29) is 24.3 Å². The molecule has 0 saturated heterocycles. The summed E-state index contributed by atoms with van der Waals surface area (Å²) >= 11 is 1.50. The molecule has 23 heavy (non-hydrogen) atoms. The van der Waals surface area contributed by atoms with Crippen LogP contribution in [0.3, 0.4) is 0 Å². The Balaban J connectivity index is 1.84. The molecule has 1 aromatic carbocycles. The molecular weight excluding hydrogens is 315 g/mol. The van der Waals surface area contributed by atoms with E-state index in [1.54, 1.807) is 11.0 Å². The third kappa shape index (κ3) is 3.76. The smallest absolute Gasteiger partial charge is 0.229 e. The van der Waals surface area contributed by atoms with Gasteiger partial charge in [0.2, 0.25) is 11.8 Å². The van der Waals surface area contributed by atoms with E-state index in [0.29, 0.717) is 11.4 Å². The Hall–Kier alpha value is -2.21. The molecule has 4 nitrogen and oxygen atoms in total. The van der Waals surface area contributed by atoms with Gasteiger partial charge < -0.3 is 10.2 Å². The molecule has 6 heteroatoms. The number of hydrogen-bond acceptors (Lipinski definition) is 3. The summed E-state index contributed by atoms with van der Waals surface area (Å²) in [6.45, 7) is 1.49. The molecule has 1 aliphatic carbocycles. The summed E-state index contributed by atoms with van der Waals surface area (Å²) in [5.74, 6) is -0.772. The molecule has 0 bridgehead atoms. The number of thiophene rings is 1. The predicted molar refractivity (Wildman–Crippen MR) is 89.2 cm³/mol. The van der Waals surface area contributed by atoms with Crippen LogP contribution in [0.4, 0.5) is 15.8 Å². The average Bonchev–Trinajstić information content (AvgIpc) is 3.18. The van der Waals surface area contributed by atoms with Crippen LogP contribution in [0, 0.1) is 5.82 Å². The third-order valence-corrected chi connectivity index (χ3v) is 4.53. The second-order valence-corrected chi connectivity index (χ2v) is 6.62. The van der Waals surface area contributed by atoms with Crippen LogP contribution in [0.25, 0.3) is 0 Å². The highest BCUT2D eigenvalue weighted by molar-refractivity contribution is 7.10. The lowest BCUT2D eigenvalue weighted by molar-refractivity contribution is -0.117. The van der Waals surface area contributed by atoms with E-state index in [4.69, 9.17) is 0 Å². The van der Waals surface area contributed by atoms with Gasteiger partial charge in [-0.05, 0) is 42.5 Å². The van der Waals surface area contributed by atoms with Crippen molar-refractivity contribution in [3.05, 3.63) is 46.4 Å². The molecule has 1 fully saturated rings. The predicted octanol–water partition coefficient (Wildman–Crippen LogP) is 3.58. The maximum Gasteiger partial charge on any atom is 0.229 e. The van der Waals surface area contributed by atoms with Gasteiger partial charge in [-0.15, -0.1) is 11.3 Å². The topological polar surface area (TPSA) is 49.4 Å². The molecule has 120 valence electrons. The van der Waals surface area contributed by atoms with E-state index >= 15 is 0 Å². The summed E-state index contributed by atoms with van der Waals surface area (Å²) in [6, 6.07) is 8.03. The van der Waals surface area contributed by atoms with E-state index in [2.05, 4.69) is 5.32 Å². The lowest BCUT2D eigenvalue weighted by Gasteiger charge is -2.24. The normalized spacial score (nSPS) is 13.7. The fraction of sp³-hybridized carbons (Fsp3) is 0.294. The molecule has 0 atom stereocenters. The number of nitrogens with zero attached hydrogens (tertiary/aromatic N) is 1. The van der Waals surface area contributed by atoms with E-state index < -0.39 is 5.82 Å². The monoisotopic (exact) mass is 332 g/mol. The minimum Gasteiger partial charge on any atom is -0.324 e. The first kappa shape index (κ1) is 15.7. The molecule has 1 saturated carbocycles. The van der Waals surface area contributed by atoms with Gasteiger partial charge >= 0.3 is 0 Å². The fourth-order valence-corrected chi connectivity index (χ4v) is 3.24. The summed E-state index contributed by atoms with van der Waals surface area (Å²) in [7, 11) is 0. The summed E-state index contributed by atoms with van der Waals surface area (Å²) in [6.07, 6.45) is 2.09. The number of nitrogens with one attached hydrogen (secondary N) is 1. The Labute approximate surface area is 137 Å². The molecule has 0 spiro atoms. The first-order valence-electron chi connectivity index (χ1n) is 7.46. The summed E-state index contributed by atoms with van der Waals surface area (Å²) in [5.41, 5.74) is 0.898. The van der Waals surface area contributed by atoms with E-state index in [1.165, 1.54) is 30.4 Å². The minimum absolute atomic E-state index is 0.104. The van der Waals surface area contributed by atoms with Crippen molar-refractivity contribution in [3.63, 3.8) is 0 Å². The Morgan fingerprint density at radius 2 is 2.13 bits per heavy atom. The van der Waals surface area contributed by atoms with Gasteiger partial charge in [0.1, 0.15) is 5.82 Å². The van der Waals surface area contributed by atoms with Crippen LogP contribution in [0.15, 0.2) is 35.7 Å². The zero-order valence-electron chi connectivity index (χ0n) is 12.7. The zero-order valence-corrected chi connectivity index (χ0v) is 13.5. The number of amides is 2. The highest BCUT2D eigenvalue weighted by Gasteiger charge is 2.33. The van der Waals surface area contributed by atoms with Crippen molar-refractivity contribution in [2.75, 3.05) is 10.2 Å². The van der Waals surface area contributed by atoms with Crippen LogP contribution in [0.2, 0.25) is 0 Å². The van der Waals surface area contributed by atoms with E-state index in [0.717, 1.165) is 17.7 Å². The number of benzene rings is 1.